The molecule has 0 saturated heterocycles. The van der Waals surface area contributed by atoms with E-state index in [1.165, 1.54) is 32.1 Å². The number of hydrogen-bond donors (Lipinski definition) is 2. The van der Waals surface area contributed by atoms with Gasteiger partial charge in [-0.05, 0) is 37.1 Å². The lowest BCUT2D eigenvalue weighted by Crippen LogP contribution is -2.35. The molecule has 0 amide bonds. The number of rotatable bonds is 3. The molecule has 0 bridgehead atoms. The molecule has 1 aliphatic rings. The second-order valence-corrected chi connectivity index (χ2v) is 7.65. The summed E-state index contributed by atoms with van der Waals surface area (Å²) in [5.41, 5.74) is 6.19. The average Bonchev–Trinajstić information content (AvgIpc) is 2.46. The Balaban J connectivity index is 2.00. The van der Waals surface area contributed by atoms with Crippen molar-refractivity contribution in [2.45, 2.75) is 68.7 Å². The summed E-state index contributed by atoms with van der Waals surface area (Å²) < 4.78 is 27.7. The molecule has 0 radical (unpaired) electrons. The number of anilines is 1. The Bertz CT molecular complexity index is 516. The van der Waals surface area contributed by atoms with E-state index in [9.17, 15) is 8.42 Å². The van der Waals surface area contributed by atoms with Crippen molar-refractivity contribution in [3.63, 3.8) is 0 Å². The van der Waals surface area contributed by atoms with Crippen LogP contribution in [0.25, 0.3) is 0 Å². The summed E-state index contributed by atoms with van der Waals surface area (Å²) in [4.78, 5) is 0.300. The Morgan fingerprint density at radius 1 is 0.857 bits per heavy atom. The molecule has 5 heteroatoms. The first-order valence-electron chi connectivity index (χ1n) is 7.96. The molecule has 118 valence electrons. The van der Waals surface area contributed by atoms with Crippen molar-refractivity contribution in [1.82, 2.24) is 4.72 Å². The Labute approximate surface area is 128 Å². The number of nitrogens with two attached hydrogens (primary N) is 1. The molecule has 0 spiro atoms. The number of nitrogens with one attached hydrogen (secondary N) is 1. The summed E-state index contributed by atoms with van der Waals surface area (Å²) in [6.45, 7) is 0. The monoisotopic (exact) mass is 310 g/mol. The molecule has 1 fully saturated rings. The molecule has 2 rings (SSSR count). The van der Waals surface area contributed by atoms with Crippen LogP contribution in [0.3, 0.4) is 0 Å². The smallest absolute Gasteiger partial charge is 0.240 e. The van der Waals surface area contributed by atoms with Crippen molar-refractivity contribution in [3.05, 3.63) is 24.3 Å². The SMILES string of the molecule is Nc1ccc(S(=O)(=O)NC2CCCCCCCCC2)cc1. The van der Waals surface area contributed by atoms with E-state index < -0.39 is 10.0 Å². The van der Waals surface area contributed by atoms with Gasteiger partial charge in [0.25, 0.3) is 0 Å². The molecule has 0 aliphatic heterocycles. The van der Waals surface area contributed by atoms with Gasteiger partial charge in [0.1, 0.15) is 0 Å². The summed E-state index contributed by atoms with van der Waals surface area (Å²) in [5.74, 6) is 0. The highest BCUT2D eigenvalue weighted by atomic mass is 32.2. The first kappa shape index (κ1) is 16.3. The van der Waals surface area contributed by atoms with Crippen LogP contribution in [-0.2, 0) is 10.0 Å². The Morgan fingerprint density at radius 2 is 1.33 bits per heavy atom. The standard InChI is InChI=1S/C16H26N2O2S/c17-14-10-12-16(13-11-14)21(19,20)18-15-8-6-4-2-1-3-5-7-9-15/h10-13,15,18H,1-9,17H2. The molecule has 4 nitrogen and oxygen atoms in total. The van der Waals surface area contributed by atoms with Crippen molar-refractivity contribution in [2.24, 2.45) is 0 Å². The Hall–Kier alpha value is -1.07. The van der Waals surface area contributed by atoms with Gasteiger partial charge in [0, 0.05) is 11.7 Å². The maximum atomic E-state index is 12.4. The van der Waals surface area contributed by atoms with Crippen LogP contribution >= 0.6 is 0 Å². The van der Waals surface area contributed by atoms with Gasteiger partial charge in [0.15, 0.2) is 0 Å². The summed E-state index contributed by atoms with van der Waals surface area (Å²) in [5, 5.41) is 0. The van der Waals surface area contributed by atoms with Crippen LogP contribution in [0.1, 0.15) is 57.8 Å². The van der Waals surface area contributed by atoms with Crippen molar-refractivity contribution >= 4 is 15.7 Å². The van der Waals surface area contributed by atoms with Crippen molar-refractivity contribution in [3.8, 4) is 0 Å². The fourth-order valence-corrected chi connectivity index (χ4v) is 4.17. The fourth-order valence-electron chi connectivity index (χ4n) is 2.86. The summed E-state index contributed by atoms with van der Waals surface area (Å²) in [7, 11) is -3.43. The van der Waals surface area contributed by atoms with Gasteiger partial charge in [-0.25, -0.2) is 13.1 Å². The highest BCUT2D eigenvalue weighted by Gasteiger charge is 2.20. The van der Waals surface area contributed by atoms with E-state index in [1.54, 1.807) is 24.3 Å². The average molecular weight is 310 g/mol. The minimum absolute atomic E-state index is 0.0608. The molecular formula is C16H26N2O2S. The van der Waals surface area contributed by atoms with Crippen molar-refractivity contribution in [2.75, 3.05) is 5.73 Å². The summed E-state index contributed by atoms with van der Waals surface area (Å²) in [6, 6.07) is 6.45. The third kappa shape index (κ3) is 5.32. The number of sulfonamides is 1. The largest absolute Gasteiger partial charge is 0.399 e. The second-order valence-electron chi connectivity index (χ2n) is 5.94. The lowest BCUT2D eigenvalue weighted by Gasteiger charge is -2.20. The zero-order chi connectivity index (χ0) is 15.1. The molecule has 1 aliphatic carbocycles. The lowest BCUT2D eigenvalue weighted by atomic mass is 9.98. The molecule has 1 saturated carbocycles. The van der Waals surface area contributed by atoms with Gasteiger partial charge < -0.3 is 5.73 Å². The van der Waals surface area contributed by atoms with E-state index in [0.29, 0.717) is 10.6 Å². The molecule has 1 aromatic carbocycles. The maximum Gasteiger partial charge on any atom is 0.240 e. The zero-order valence-electron chi connectivity index (χ0n) is 12.6. The van der Waals surface area contributed by atoms with Crippen molar-refractivity contribution in [1.29, 1.82) is 0 Å². The Morgan fingerprint density at radius 3 is 1.86 bits per heavy atom. The van der Waals surface area contributed by atoms with Crippen molar-refractivity contribution < 1.29 is 8.42 Å². The minimum Gasteiger partial charge on any atom is -0.399 e. The van der Waals surface area contributed by atoms with Gasteiger partial charge in [-0.15, -0.1) is 0 Å². The highest BCUT2D eigenvalue weighted by Crippen LogP contribution is 2.19. The Kier molecular flexibility index (Phi) is 6.06. The zero-order valence-corrected chi connectivity index (χ0v) is 13.4. The number of benzene rings is 1. The first-order valence-corrected chi connectivity index (χ1v) is 9.44. The van der Waals surface area contributed by atoms with Crippen LogP contribution in [0.2, 0.25) is 0 Å². The van der Waals surface area contributed by atoms with Crippen LogP contribution in [-0.4, -0.2) is 14.5 Å². The molecule has 0 heterocycles. The topological polar surface area (TPSA) is 72.2 Å². The van der Waals surface area contributed by atoms with Crippen LogP contribution in [0.4, 0.5) is 5.69 Å². The van der Waals surface area contributed by atoms with E-state index in [2.05, 4.69) is 4.72 Å². The highest BCUT2D eigenvalue weighted by molar-refractivity contribution is 7.89. The lowest BCUT2D eigenvalue weighted by molar-refractivity contribution is 0.435. The van der Waals surface area contributed by atoms with Gasteiger partial charge in [-0.1, -0.05) is 44.9 Å². The van der Waals surface area contributed by atoms with E-state index >= 15 is 0 Å². The quantitative estimate of drug-likeness (QED) is 0.840. The summed E-state index contributed by atoms with van der Waals surface area (Å²) >= 11 is 0. The molecule has 21 heavy (non-hydrogen) atoms. The molecule has 0 unspecified atom stereocenters. The fraction of sp³-hybridized carbons (Fsp3) is 0.625. The third-order valence-electron chi connectivity index (χ3n) is 4.12. The molecule has 0 atom stereocenters. The normalized spacial score (nSPS) is 19.2. The van der Waals surface area contributed by atoms with Gasteiger partial charge in [0.05, 0.1) is 4.90 Å². The third-order valence-corrected chi connectivity index (χ3v) is 5.65. The van der Waals surface area contributed by atoms with E-state index in [0.717, 1.165) is 25.7 Å². The van der Waals surface area contributed by atoms with Gasteiger partial charge >= 0.3 is 0 Å². The van der Waals surface area contributed by atoms with Crippen LogP contribution < -0.4 is 10.5 Å². The molecule has 1 aromatic rings. The first-order chi connectivity index (χ1) is 10.1. The second kappa shape index (κ2) is 7.80. The maximum absolute atomic E-state index is 12.4. The van der Waals surface area contributed by atoms with E-state index in [4.69, 9.17) is 5.73 Å². The minimum atomic E-state index is -3.43. The predicted octanol–water partition coefficient (Wildman–Crippen LogP) is 3.44. The molecular weight excluding hydrogens is 284 g/mol. The predicted molar refractivity (Wildman–Crippen MR) is 86.5 cm³/mol. The van der Waals surface area contributed by atoms with Gasteiger partial charge in [0.2, 0.25) is 10.0 Å². The van der Waals surface area contributed by atoms with Crippen LogP contribution in [0.15, 0.2) is 29.2 Å². The van der Waals surface area contributed by atoms with Crippen LogP contribution in [0.5, 0.6) is 0 Å². The van der Waals surface area contributed by atoms with Gasteiger partial charge in [-0.2, -0.15) is 0 Å². The van der Waals surface area contributed by atoms with E-state index in [-0.39, 0.29) is 6.04 Å². The summed E-state index contributed by atoms with van der Waals surface area (Å²) in [6.07, 6.45) is 10.4. The van der Waals surface area contributed by atoms with Gasteiger partial charge in [-0.3, -0.25) is 0 Å². The van der Waals surface area contributed by atoms with Crippen LogP contribution in [0, 0.1) is 0 Å². The molecule has 0 aromatic heterocycles. The number of hydrogen-bond acceptors (Lipinski definition) is 3. The number of nitrogen functional groups attached to an aromatic ring is 1. The molecule has 3 N–H and O–H groups in total. The van der Waals surface area contributed by atoms with E-state index in [1.807, 2.05) is 0 Å².